The van der Waals surface area contributed by atoms with E-state index in [1.54, 1.807) is 7.11 Å². The molecule has 1 aromatic rings. The van der Waals surface area contributed by atoms with Gasteiger partial charge in [0.2, 0.25) is 5.88 Å². The number of halogens is 1. The van der Waals surface area contributed by atoms with Crippen molar-refractivity contribution in [2.45, 2.75) is 11.8 Å². The summed E-state index contributed by atoms with van der Waals surface area (Å²) < 4.78 is 5.03. The van der Waals surface area contributed by atoms with Gasteiger partial charge in [0.15, 0.2) is 0 Å². The number of hydrogen-bond acceptors (Lipinski definition) is 4. The minimum absolute atomic E-state index is 0.232. The van der Waals surface area contributed by atoms with Crippen LogP contribution in [0.4, 0.5) is 5.82 Å². The first-order valence-electron chi connectivity index (χ1n) is 4.54. The van der Waals surface area contributed by atoms with Gasteiger partial charge in [-0.3, -0.25) is 0 Å². The Labute approximate surface area is 87.9 Å². The molecular formula is C9H12ClN3O. The van der Waals surface area contributed by atoms with Crippen LogP contribution in [-0.4, -0.2) is 35.5 Å². The highest BCUT2D eigenvalue weighted by atomic mass is 35.5. The van der Waals surface area contributed by atoms with E-state index in [0.717, 1.165) is 25.3 Å². The Kier molecular flexibility index (Phi) is 2.72. The van der Waals surface area contributed by atoms with Gasteiger partial charge in [-0.1, -0.05) is 0 Å². The quantitative estimate of drug-likeness (QED) is 0.695. The molecule has 0 amide bonds. The molecule has 0 bridgehead atoms. The first-order chi connectivity index (χ1) is 6.79. The molecule has 1 aromatic heterocycles. The van der Waals surface area contributed by atoms with Gasteiger partial charge in [0.05, 0.1) is 12.5 Å². The SMILES string of the molecule is COc1cc(N2CCC(Cl)C2)ncn1. The van der Waals surface area contributed by atoms with E-state index in [-0.39, 0.29) is 5.38 Å². The molecule has 5 heteroatoms. The molecule has 1 saturated heterocycles. The summed E-state index contributed by atoms with van der Waals surface area (Å²) in [7, 11) is 1.60. The van der Waals surface area contributed by atoms with Crippen molar-refractivity contribution in [1.29, 1.82) is 0 Å². The number of alkyl halides is 1. The van der Waals surface area contributed by atoms with E-state index in [1.165, 1.54) is 6.33 Å². The van der Waals surface area contributed by atoms with Crippen molar-refractivity contribution < 1.29 is 4.74 Å². The highest BCUT2D eigenvalue weighted by Gasteiger charge is 2.21. The van der Waals surface area contributed by atoms with Crippen LogP contribution < -0.4 is 9.64 Å². The van der Waals surface area contributed by atoms with Gasteiger partial charge in [-0.25, -0.2) is 9.97 Å². The van der Waals surface area contributed by atoms with Crippen molar-refractivity contribution in [3.8, 4) is 5.88 Å². The van der Waals surface area contributed by atoms with Crippen molar-refractivity contribution >= 4 is 17.4 Å². The molecule has 14 heavy (non-hydrogen) atoms. The van der Waals surface area contributed by atoms with Crippen molar-refractivity contribution in [2.75, 3.05) is 25.1 Å². The number of methoxy groups -OCH3 is 1. The molecule has 0 saturated carbocycles. The minimum atomic E-state index is 0.232. The molecule has 2 rings (SSSR count). The van der Waals surface area contributed by atoms with E-state index in [0.29, 0.717) is 5.88 Å². The summed E-state index contributed by atoms with van der Waals surface area (Å²) in [5.41, 5.74) is 0. The average Bonchev–Trinajstić information content (AvgIpc) is 2.65. The molecular weight excluding hydrogens is 202 g/mol. The Morgan fingerprint density at radius 2 is 2.43 bits per heavy atom. The van der Waals surface area contributed by atoms with Crippen LogP contribution in [0.1, 0.15) is 6.42 Å². The number of rotatable bonds is 2. The fourth-order valence-corrected chi connectivity index (χ4v) is 1.80. The second-order valence-electron chi connectivity index (χ2n) is 3.25. The van der Waals surface area contributed by atoms with Crippen molar-refractivity contribution in [3.05, 3.63) is 12.4 Å². The second kappa shape index (κ2) is 4.00. The van der Waals surface area contributed by atoms with Crippen LogP contribution in [0.25, 0.3) is 0 Å². The zero-order chi connectivity index (χ0) is 9.97. The van der Waals surface area contributed by atoms with Crippen molar-refractivity contribution in [2.24, 2.45) is 0 Å². The summed E-state index contributed by atoms with van der Waals surface area (Å²) in [6.07, 6.45) is 2.52. The fourth-order valence-electron chi connectivity index (χ4n) is 1.54. The third kappa shape index (κ3) is 1.90. The van der Waals surface area contributed by atoms with Gasteiger partial charge in [0, 0.05) is 19.2 Å². The van der Waals surface area contributed by atoms with E-state index in [9.17, 15) is 0 Å². The molecule has 1 fully saturated rings. The van der Waals surface area contributed by atoms with E-state index < -0.39 is 0 Å². The Bertz CT molecular complexity index is 321. The minimum Gasteiger partial charge on any atom is -0.481 e. The molecule has 0 aromatic carbocycles. The van der Waals surface area contributed by atoms with E-state index in [2.05, 4.69) is 14.9 Å². The van der Waals surface area contributed by atoms with E-state index in [4.69, 9.17) is 16.3 Å². The molecule has 0 spiro atoms. The van der Waals surface area contributed by atoms with Crippen molar-refractivity contribution in [1.82, 2.24) is 9.97 Å². The highest BCUT2D eigenvalue weighted by Crippen LogP contribution is 2.22. The molecule has 0 radical (unpaired) electrons. The lowest BCUT2D eigenvalue weighted by molar-refractivity contribution is 0.397. The van der Waals surface area contributed by atoms with Gasteiger partial charge in [-0.2, -0.15) is 0 Å². The van der Waals surface area contributed by atoms with Gasteiger partial charge in [-0.05, 0) is 6.42 Å². The standard InChI is InChI=1S/C9H12ClN3O/c1-14-9-4-8(11-6-12-9)13-3-2-7(10)5-13/h4,6-7H,2-3,5H2,1H3. The molecule has 1 aliphatic heterocycles. The molecule has 1 unspecified atom stereocenters. The number of hydrogen-bond donors (Lipinski definition) is 0. The van der Waals surface area contributed by atoms with Gasteiger partial charge < -0.3 is 9.64 Å². The number of nitrogens with zero attached hydrogens (tertiary/aromatic N) is 3. The molecule has 0 aliphatic carbocycles. The van der Waals surface area contributed by atoms with Crippen LogP contribution in [0.3, 0.4) is 0 Å². The highest BCUT2D eigenvalue weighted by molar-refractivity contribution is 6.21. The average molecular weight is 214 g/mol. The van der Waals surface area contributed by atoms with Crippen molar-refractivity contribution in [3.63, 3.8) is 0 Å². The Balaban J connectivity index is 2.15. The fraction of sp³-hybridized carbons (Fsp3) is 0.556. The first-order valence-corrected chi connectivity index (χ1v) is 4.98. The maximum Gasteiger partial charge on any atom is 0.218 e. The summed E-state index contributed by atoms with van der Waals surface area (Å²) in [5.74, 6) is 1.48. The van der Waals surface area contributed by atoms with E-state index >= 15 is 0 Å². The van der Waals surface area contributed by atoms with Crippen LogP contribution in [0.2, 0.25) is 0 Å². The summed E-state index contributed by atoms with van der Waals surface area (Å²) in [4.78, 5) is 10.3. The molecule has 1 aliphatic rings. The smallest absolute Gasteiger partial charge is 0.218 e. The maximum atomic E-state index is 6.01. The maximum absolute atomic E-state index is 6.01. The Hall–Kier alpha value is -1.03. The topological polar surface area (TPSA) is 38.2 Å². The summed E-state index contributed by atoms with van der Waals surface area (Å²) in [5, 5.41) is 0.232. The summed E-state index contributed by atoms with van der Waals surface area (Å²) in [6.45, 7) is 1.80. The third-order valence-corrected chi connectivity index (χ3v) is 2.65. The van der Waals surface area contributed by atoms with Gasteiger partial charge >= 0.3 is 0 Å². The molecule has 76 valence electrons. The van der Waals surface area contributed by atoms with Crippen LogP contribution >= 0.6 is 11.6 Å². The van der Waals surface area contributed by atoms with Gasteiger partial charge in [0.1, 0.15) is 12.1 Å². The molecule has 4 nitrogen and oxygen atoms in total. The van der Waals surface area contributed by atoms with Gasteiger partial charge in [-0.15, -0.1) is 11.6 Å². The lowest BCUT2D eigenvalue weighted by Gasteiger charge is -2.16. The summed E-state index contributed by atoms with van der Waals surface area (Å²) >= 11 is 6.01. The zero-order valence-corrected chi connectivity index (χ0v) is 8.74. The first kappa shape index (κ1) is 9.52. The zero-order valence-electron chi connectivity index (χ0n) is 7.98. The third-order valence-electron chi connectivity index (χ3n) is 2.29. The largest absolute Gasteiger partial charge is 0.481 e. The second-order valence-corrected chi connectivity index (χ2v) is 3.87. The normalized spacial score (nSPS) is 21.3. The summed E-state index contributed by atoms with van der Waals surface area (Å²) in [6, 6.07) is 1.83. The molecule has 0 N–H and O–H groups in total. The van der Waals surface area contributed by atoms with Crippen LogP contribution in [0.15, 0.2) is 12.4 Å². The predicted molar refractivity (Wildman–Crippen MR) is 55.1 cm³/mol. The van der Waals surface area contributed by atoms with Gasteiger partial charge in [0.25, 0.3) is 0 Å². The molecule has 2 heterocycles. The monoisotopic (exact) mass is 213 g/mol. The lowest BCUT2D eigenvalue weighted by Crippen LogP contribution is -2.20. The number of aromatic nitrogens is 2. The Morgan fingerprint density at radius 1 is 1.57 bits per heavy atom. The van der Waals surface area contributed by atoms with Crippen LogP contribution in [-0.2, 0) is 0 Å². The Morgan fingerprint density at radius 3 is 3.07 bits per heavy atom. The van der Waals surface area contributed by atoms with Crippen LogP contribution in [0.5, 0.6) is 5.88 Å². The van der Waals surface area contributed by atoms with E-state index in [1.807, 2.05) is 6.07 Å². The molecule has 1 atom stereocenters. The van der Waals surface area contributed by atoms with Crippen LogP contribution in [0, 0.1) is 0 Å². The number of anilines is 1. The lowest BCUT2D eigenvalue weighted by atomic mass is 10.4. The predicted octanol–water partition coefficient (Wildman–Crippen LogP) is 1.30. The number of ether oxygens (including phenoxy) is 1.